The zero-order valence-electron chi connectivity index (χ0n) is 18.5. The van der Waals surface area contributed by atoms with Gasteiger partial charge in [0.1, 0.15) is 17.6 Å². The Morgan fingerprint density at radius 3 is 2.61 bits per heavy atom. The van der Waals surface area contributed by atoms with Crippen LogP contribution in [0.4, 0.5) is 4.39 Å². The number of nitrogens with one attached hydrogen (secondary N) is 1. The Bertz CT molecular complexity index is 1090. The van der Waals surface area contributed by atoms with Crippen LogP contribution in [-0.2, 0) is 11.3 Å². The lowest BCUT2D eigenvalue weighted by molar-refractivity contribution is -0.126. The molecule has 2 aromatic carbocycles. The monoisotopic (exact) mass is 450 g/mol. The van der Waals surface area contributed by atoms with Crippen molar-refractivity contribution in [1.82, 2.24) is 10.2 Å². The van der Waals surface area contributed by atoms with E-state index < -0.39 is 17.8 Å². The van der Waals surface area contributed by atoms with E-state index in [1.165, 1.54) is 30.4 Å². The van der Waals surface area contributed by atoms with Gasteiger partial charge in [-0.3, -0.25) is 9.59 Å². The van der Waals surface area contributed by atoms with Gasteiger partial charge in [-0.1, -0.05) is 43.2 Å². The Balaban J connectivity index is 1.77. The molecule has 4 rings (SSSR count). The smallest absolute Gasteiger partial charge is 0.290 e. The van der Waals surface area contributed by atoms with Gasteiger partial charge in [0.15, 0.2) is 5.76 Å². The van der Waals surface area contributed by atoms with E-state index in [9.17, 15) is 14.0 Å². The lowest BCUT2D eigenvalue weighted by Gasteiger charge is -2.32. The molecule has 0 bridgehead atoms. The molecule has 1 saturated carbocycles. The third kappa shape index (κ3) is 5.25. The molecule has 7 heteroatoms. The number of carbonyl (C=O) groups excluding carboxylic acids is 2. The van der Waals surface area contributed by atoms with Crippen molar-refractivity contribution in [3.63, 3.8) is 0 Å². The first-order valence-electron chi connectivity index (χ1n) is 11.1. The first-order chi connectivity index (χ1) is 16.1. The van der Waals surface area contributed by atoms with Crippen LogP contribution in [0.2, 0.25) is 0 Å². The molecule has 1 N–H and O–H groups in total. The van der Waals surface area contributed by atoms with Gasteiger partial charge in [-0.05, 0) is 48.7 Å². The maximum absolute atomic E-state index is 14.6. The van der Waals surface area contributed by atoms with Crippen LogP contribution in [0, 0.1) is 5.82 Å². The van der Waals surface area contributed by atoms with Crippen LogP contribution in [0.1, 0.15) is 53.4 Å². The molecular formula is C26H27FN2O4. The third-order valence-corrected chi connectivity index (χ3v) is 5.96. The van der Waals surface area contributed by atoms with Crippen molar-refractivity contribution in [2.24, 2.45) is 0 Å². The second-order valence-corrected chi connectivity index (χ2v) is 8.17. The van der Waals surface area contributed by atoms with Gasteiger partial charge in [0.2, 0.25) is 5.91 Å². The van der Waals surface area contributed by atoms with Gasteiger partial charge in [0, 0.05) is 11.6 Å². The van der Waals surface area contributed by atoms with Gasteiger partial charge in [-0.25, -0.2) is 4.39 Å². The fourth-order valence-corrected chi connectivity index (χ4v) is 4.27. The summed E-state index contributed by atoms with van der Waals surface area (Å²) in [6.07, 6.45) is 5.30. The van der Waals surface area contributed by atoms with Crippen molar-refractivity contribution < 1.29 is 23.1 Å². The summed E-state index contributed by atoms with van der Waals surface area (Å²) in [6, 6.07) is 15.5. The van der Waals surface area contributed by atoms with Crippen molar-refractivity contribution in [1.29, 1.82) is 0 Å². The number of methoxy groups -OCH3 is 1. The van der Waals surface area contributed by atoms with E-state index in [0.717, 1.165) is 25.7 Å². The van der Waals surface area contributed by atoms with E-state index in [-0.39, 0.29) is 24.3 Å². The first kappa shape index (κ1) is 22.6. The van der Waals surface area contributed by atoms with Gasteiger partial charge in [-0.15, -0.1) is 0 Å². The number of amides is 2. The summed E-state index contributed by atoms with van der Waals surface area (Å²) in [6.45, 7) is -0.105. The molecule has 1 unspecified atom stereocenters. The SMILES string of the molecule is COc1cccc(C(C(=O)NC2CCCC2)N(Cc2ccccc2F)C(=O)c2ccco2)c1. The van der Waals surface area contributed by atoms with Crippen LogP contribution >= 0.6 is 0 Å². The molecule has 1 fully saturated rings. The highest BCUT2D eigenvalue weighted by Gasteiger charge is 2.35. The Kier molecular flexibility index (Phi) is 7.07. The van der Waals surface area contributed by atoms with Gasteiger partial charge in [-0.2, -0.15) is 0 Å². The molecule has 0 radical (unpaired) electrons. The summed E-state index contributed by atoms with van der Waals surface area (Å²) in [7, 11) is 1.54. The number of carbonyl (C=O) groups is 2. The van der Waals surface area contributed by atoms with Gasteiger partial charge >= 0.3 is 0 Å². The van der Waals surface area contributed by atoms with Gasteiger partial charge < -0.3 is 19.4 Å². The first-order valence-corrected chi connectivity index (χ1v) is 11.1. The number of benzene rings is 2. The predicted octanol–water partition coefficient (Wildman–Crippen LogP) is 4.87. The van der Waals surface area contributed by atoms with Crippen LogP contribution in [0.25, 0.3) is 0 Å². The minimum atomic E-state index is -1.00. The van der Waals surface area contributed by atoms with Crippen LogP contribution in [0.3, 0.4) is 0 Å². The van der Waals surface area contributed by atoms with Crippen LogP contribution in [0.5, 0.6) is 5.75 Å². The fourth-order valence-electron chi connectivity index (χ4n) is 4.27. The molecule has 1 heterocycles. The minimum absolute atomic E-state index is 0.0552. The number of furan rings is 1. The van der Waals surface area contributed by atoms with E-state index >= 15 is 0 Å². The summed E-state index contributed by atoms with van der Waals surface area (Å²) < 4.78 is 25.3. The van der Waals surface area contributed by atoms with E-state index in [4.69, 9.17) is 9.15 Å². The quantitative estimate of drug-likeness (QED) is 0.532. The Morgan fingerprint density at radius 1 is 1.12 bits per heavy atom. The highest BCUT2D eigenvalue weighted by Crippen LogP contribution is 2.30. The lowest BCUT2D eigenvalue weighted by Crippen LogP contribution is -2.46. The zero-order valence-corrected chi connectivity index (χ0v) is 18.5. The molecule has 1 atom stereocenters. The van der Waals surface area contributed by atoms with E-state index in [1.807, 2.05) is 0 Å². The number of rotatable bonds is 8. The molecule has 0 aliphatic heterocycles. The molecule has 0 saturated heterocycles. The number of halogens is 1. The second kappa shape index (κ2) is 10.3. The minimum Gasteiger partial charge on any atom is -0.497 e. The molecular weight excluding hydrogens is 423 g/mol. The number of hydrogen-bond donors (Lipinski definition) is 1. The molecule has 3 aromatic rings. The molecule has 33 heavy (non-hydrogen) atoms. The molecule has 0 spiro atoms. The lowest BCUT2D eigenvalue weighted by atomic mass is 10.0. The third-order valence-electron chi connectivity index (χ3n) is 5.96. The van der Waals surface area contributed by atoms with Crippen molar-refractivity contribution in [3.05, 3.63) is 89.6 Å². The summed E-state index contributed by atoms with van der Waals surface area (Å²) in [5.74, 6) is -0.630. The Hall–Kier alpha value is -3.61. The standard InChI is InChI=1S/C26H27FN2O4/c1-32-21-12-6-9-18(16-21)24(25(30)28-20-10-3-4-11-20)29(26(31)23-14-7-15-33-23)17-19-8-2-5-13-22(19)27/h2,5-9,12-16,20,24H,3-4,10-11,17H2,1H3,(H,28,30). The van der Waals surface area contributed by atoms with Crippen LogP contribution in [-0.4, -0.2) is 29.9 Å². The number of hydrogen-bond acceptors (Lipinski definition) is 4. The average molecular weight is 451 g/mol. The molecule has 1 aliphatic carbocycles. The normalized spacial score (nSPS) is 14.6. The molecule has 1 aliphatic rings. The maximum atomic E-state index is 14.6. The highest BCUT2D eigenvalue weighted by molar-refractivity contribution is 5.96. The summed E-state index contributed by atoms with van der Waals surface area (Å²) in [5, 5.41) is 3.10. The molecule has 6 nitrogen and oxygen atoms in total. The van der Waals surface area contributed by atoms with Crippen LogP contribution < -0.4 is 10.1 Å². The van der Waals surface area contributed by atoms with Crippen molar-refractivity contribution in [3.8, 4) is 5.75 Å². The average Bonchev–Trinajstić information content (AvgIpc) is 3.54. The summed E-state index contributed by atoms with van der Waals surface area (Å²) in [4.78, 5) is 28.5. The summed E-state index contributed by atoms with van der Waals surface area (Å²) in [5.41, 5.74) is 0.875. The zero-order chi connectivity index (χ0) is 23.2. The fraction of sp³-hybridized carbons (Fsp3) is 0.308. The highest BCUT2D eigenvalue weighted by atomic mass is 19.1. The Morgan fingerprint density at radius 2 is 1.91 bits per heavy atom. The second-order valence-electron chi connectivity index (χ2n) is 8.17. The largest absolute Gasteiger partial charge is 0.497 e. The Labute approximate surface area is 192 Å². The van der Waals surface area contributed by atoms with Crippen LogP contribution in [0.15, 0.2) is 71.3 Å². The molecule has 1 aromatic heterocycles. The van der Waals surface area contributed by atoms with Crippen molar-refractivity contribution in [2.75, 3.05) is 7.11 Å². The summed E-state index contributed by atoms with van der Waals surface area (Å²) >= 11 is 0. The van der Waals surface area contributed by atoms with Crippen molar-refractivity contribution >= 4 is 11.8 Å². The number of nitrogens with zero attached hydrogens (tertiary/aromatic N) is 1. The molecule has 2 amide bonds. The van der Waals surface area contributed by atoms with E-state index in [2.05, 4.69) is 5.32 Å². The van der Waals surface area contributed by atoms with E-state index in [1.54, 1.807) is 48.5 Å². The topological polar surface area (TPSA) is 71.8 Å². The van der Waals surface area contributed by atoms with E-state index in [0.29, 0.717) is 16.9 Å². The van der Waals surface area contributed by atoms with Gasteiger partial charge in [0.25, 0.3) is 5.91 Å². The maximum Gasteiger partial charge on any atom is 0.290 e. The molecule has 172 valence electrons. The van der Waals surface area contributed by atoms with Crippen molar-refractivity contribution in [2.45, 2.75) is 44.3 Å². The number of ether oxygens (including phenoxy) is 1. The predicted molar refractivity (Wildman–Crippen MR) is 121 cm³/mol. The van der Waals surface area contributed by atoms with Gasteiger partial charge in [0.05, 0.1) is 19.9 Å².